The van der Waals surface area contributed by atoms with Crippen LogP contribution >= 0.6 is 0 Å². The first-order valence-electron chi connectivity index (χ1n) is 6.79. The number of rotatable bonds is 4. The van der Waals surface area contributed by atoms with E-state index in [-0.39, 0.29) is 12.5 Å². The van der Waals surface area contributed by atoms with E-state index in [0.29, 0.717) is 11.3 Å². The van der Waals surface area contributed by atoms with Crippen molar-refractivity contribution in [1.82, 2.24) is 10.3 Å². The number of nitrogens with zero attached hydrogens (tertiary/aromatic N) is 1. The molecule has 1 heterocycles. The lowest BCUT2D eigenvalue weighted by Gasteiger charge is -2.08. The first kappa shape index (κ1) is 16.2. The first-order chi connectivity index (χ1) is 10.3. The molecular formula is C16H18N2O3S. The molecular weight excluding hydrogens is 300 g/mol. The Labute approximate surface area is 130 Å². The number of fused-ring (bicyclic) bond motifs is 1. The molecule has 0 fully saturated rings. The maximum absolute atomic E-state index is 12.2. The third-order valence-corrected chi connectivity index (χ3v) is 3.82. The molecule has 2 aromatic rings. The second kappa shape index (κ2) is 6.27. The summed E-state index contributed by atoms with van der Waals surface area (Å²) in [5.41, 5.74) is 3.07. The van der Waals surface area contributed by atoms with Gasteiger partial charge in [0.15, 0.2) is 9.84 Å². The number of hydrogen-bond donors (Lipinski definition) is 1. The molecule has 5 nitrogen and oxygen atoms in total. The smallest absolute Gasteiger partial charge is 0.253 e. The van der Waals surface area contributed by atoms with Gasteiger partial charge in [0.05, 0.1) is 16.8 Å². The Bertz CT molecular complexity index is 855. The highest BCUT2D eigenvalue weighted by molar-refractivity contribution is 7.93. The SMILES string of the molecule is Cc1ccc2nc(C)c(C(=O)NC/C=C/S(C)(=O)=O)cc2c1. The van der Waals surface area contributed by atoms with Crippen molar-refractivity contribution in [1.29, 1.82) is 0 Å². The summed E-state index contributed by atoms with van der Waals surface area (Å²) in [6.45, 7) is 3.91. The lowest BCUT2D eigenvalue weighted by Crippen LogP contribution is -2.24. The molecule has 1 N–H and O–H groups in total. The Morgan fingerprint density at radius 1 is 1.27 bits per heavy atom. The molecule has 0 unspecified atom stereocenters. The number of pyridine rings is 1. The molecule has 0 saturated carbocycles. The van der Waals surface area contributed by atoms with E-state index in [1.54, 1.807) is 13.0 Å². The van der Waals surface area contributed by atoms with Gasteiger partial charge in [-0.15, -0.1) is 0 Å². The van der Waals surface area contributed by atoms with Gasteiger partial charge in [0.2, 0.25) is 0 Å². The molecule has 6 heteroatoms. The zero-order valence-corrected chi connectivity index (χ0v) is 13.6. The quantitative estimate of drug-likeness (QED) is 0.937. The van der Waals surface area contributed by atoms with Gasteiger partial charge in [-0.2, -0.15) is 0 Å². The van der Waals surface area contributed by atoms with Crippen molar-refractivity contribution in [2.45, 2.75) is 13.8 Å². The molecule has 1 aromatic carbocycles. The van der Waals surface area contributed by atoms with Crippen LogP contribution in [0.15, 0.2) is 35.7 Å². The van der Waals surface area contributed by atoms with Crippen molar-refractivity contribution in [3.63, 3.8) is 0 Å². The summed E-state index contributed by atoms with van der Waals surface area (Å²) in [4.78, 5) is 16.6. The Hall–Kier alpha value is -2.21. The third kappa shape index (κ3) is 4.14. The Balaban J connectivity index is 2.20. The van der Waals surface area contributed by atoms with E-state index in [0.717, 1.165) is 28.1 Å². The lowest BCUT2D eigenvalue weighted by molar-refractivity contribution is 0.0957. The molecule has 0 radical (unpaired) electrons. The number of carbonyl (C=O) groups excluding carboxylic acids is 1. The molecule has 1 aromatic heterocycles. The van der Waals surface area contributed by atoms with E-state index in [1.165, 1.54) is 6.08 Å². The fourth-order valence-electron chi connectivity index (χ4n) is 2.09. The molecule has 116 valence electrons. The van der Waals surface area contributed by atoms with Gasteiger partial charge >= 0.3 is 0 Å². The van der Waals surface area contributed by atoms with E-state index in [9.17, 15) is 13.2 Å². The summed E-state index contributed by atoms with van der Waals surface area (Å²) >= 11 is 0. The molecule has 0 saturated heterocycles. The van der Waals surface area contributed by atoms with Crippen molar-refractivity contribution < 1.29 is 13.2 Å². The molecule has 0 aliphatic rings. The summed E-state index contributed by atoms with van der Waals surface area (Å²) in [5, 5.41) is 4.64. The molecule has 22 heavy (non-hydrogen) atoms. The van der Waals surface area contributed by atoms with Gasteiger partial charge in [0.25, 0.3) is 5.91 Å². The number of sulfone groups is 1. The van der Waals surface area contributed by atoms with Gasteiger partial charge in [0, 0.05) is 23.6 Å². The second-order valence-corrected chi connectivity index (χ2v) is 7.16. The minimum atomic E-state index is -3.17. The minimum absolute atomic E-state index is 0.150. The maximum atomic E-state index is 12.2. The van der Waals surface area contributed by atoms with Crippen LogP contribution in [-0.4, -0.2) is 32.1 Å². The van der Waals surface area contributed by atoms with E-state index in [2.05, 4.69) is 10.3 Å². The average molecular weight is 318 g/mol. The monoisotopic (exact) mass is 318 g/mol. The predicted molar refractivity (Wildman–Crippen MR) is 87.5 cm³/mol. The van der Waals surface area contributed by atoms with E-state index in [1.807, 2.05) is 25.1 Å². The van der Waals surface area contributed by atoms with Crippen molar-refractivity contribution in [2.75, 3.05) is 12.8 Å². The molecule has 0 atom stereocenters. The van der Waals surface area contributed by atoms with Gasteiger partial charge in [-0.25, -0.2) is 8.42 Å². The lowest BCUT2D eigenvalue weighted by atomic mass is 10.1. The predicted octanol–water partition coefficient (Wildman–Crippen LogP) is 2.14. The zero-order valence-electron chi connectivity index (χ0n) is 12.8. The van der Waals surface area contributed by atoms with Crippen molar-refractivity contribution in [3.05, 3.63) is 52.6 Å². The van der Waals surface area contributed by atoms with Crippen LogP contribution in [0.3, 0.4) is 0 Å². The number of carbonyl (C=O) groups is 1. The maximum Gasteiger partial charge on any atom is 0.253 e. The molecule has 0 aliphatic heterocycles. The average Bonchev–Trinajstić information content (AvgIpc) is 2.42. The summed E-state index contributed by atoms with van der Waals surface area (Å²) in [6.07, 6.45) is 2.51. The normalized spacial score (nSPS) is 12.0. The third-order valence-electron chi connectivity index (χ3n) is 3.13. The van der Waals surface area contributed by atoms with Crippen LogP contribution in [0, 0.1) is 13.8 Å². The minimum Gasteiger partial charge on any atom is -0.348 e. The van der Waals surface area contributed by atoms with Gasteiger partial charge in [-0.3, -0.25) is 9.78 Å². The number of aryl methyl sites for hydroxylation is 2. The van der Waals surface area contributed by atoms with Crippen molar-refractivity contribution in [3.8, 4) is 0 Å². The largest absolute Gasteiger partial charge is 0.348 e. The number of hydrogen-bond acceptors (Lipinski definition) is 4. The highest BCUT2D eigenvalue weighted by atomic mass is 32.2. The van der Waals surface area contributed by atoms with Gasteiger partial charge in [0.1, 0.15) is 0 Å². The molecule has 0 bridgehead atoms. The molecule has 0 spiro atoms. The fourth-order valence-corrected chi connectivity index (χ4v) is 2.54. The zero-order chi connectivity index (χ0) is 16.3. The van der Waals surface area contributed by atoms with E-state index in [4.69, 9.17) is 0 Å². The van der Waals surface area contributed by atoms with Gasteiger partial charge < -0.3 is 5.32 Å². The van der Waals surface area contributed by atoms with Crippen molar-refractivity contribution >= 4 is 26.6 Å². The number of benzene rings is 1. The fraction of sp³-hybridized carbons (Fsp3) is 0.250. The van der Waals surface area contributed by atoms with E-state index >= 15 is 0 Å². The Morgan fingerprint density at radius 2 is 2.00 bits per heavy atom. The Morgan fingerprint density at radius 3 is 2.68 bits per heavy atom. The Kier molecular flexibility index (Phi) is 4.61. The highest BCUT2D eigenvalue weighted by Crippen LogP contribution is 2.18. The number of nitrogens with one attached hydrogen (secondary N) is 1. The van der Waals surface area contributed by atoms with E-state index < -0.39 is 9.84 Å². The van der Waals surface area contributed by atoms with Gasteiger partial charge in [-0.05, 0) is 32.0 Å². The molecule has 1 amide bonds. The number of aromatic nitrogens is 1. The van der Waals surface area contributed by atoms with Crippen LogP contribution in [0.5, 0.6) is 0 Å². The number of amides is 1. The van der Waals surface area contributed by atoms with Crippen LogP contribution in [0.25, 0.3) is 10.9 Å². The topological polar surface area (TPSA) is 76.1 Å². The summed E-state index contributed by atoms with van der Waals surface area (Å²) in [5.74, 6) is -0.272. The summed E-state index contributed by atoms with van der Waals surface area (Å²) < 4.78 is 21.9. The van der Waals surface area contributed by atoms with Crippen LogP contribution in [0.1, 0.15) is 21.6 Å². The molecule has 2 rings (SSSR count). The standard InChI is InChI=1S/C16H18N2O3S/c1-11-5-6-15-13(9-11)10-14(12(2)18-15)16(19)17-7-4-8-22(3,20)21/h4-6,8-10H,7H2,1-3H3,(H,17,19)/b8-4+. The van der Waals surface area contributed by atoms with Crippen LogP contribution in [-0.2, 0) is 9.84 Å². The van der Waals surface area contributed by atoms with Crippen LogP contribution in [0.4, 0.5) is 0 Å². The van der Waals surface area contributed by atoms with Gasteiger partial charge in [-0.1, -0.05) is 17.7 Å². The summed E-state index contributed by atoms with van der Waals surface area (Å²) in [7, 11) is -3.17. The summed E-state index contributed by atoms with van der Waals surface area (Å²) in [6, 6.07) is 7.68. The van der Waals surface area contributed by atoms with Crippen LogP contribution < -0.4 is 5.32 Å². The second-order valence-electron chi connectivity index (χ2n) is 5.23. The van der Waals surface area contributed by atoms with Crippen molar-refractivity contribution in [2.24, 2.45) is 0 Å². The first-order valence-corrected chi connectivity index (χ1v) is 8.74. The van der Waals surface area contributed by atoms with Crippen LogP contribution in [0.2, 0.25) is 0 Å². The molecule has 0 aliphatic carbocycles. The highest BCUT2D eigenvalue weighted by Gasteiger charge is 2.11.